The average Bonchev–Trinajstić information content (AvgIpc) is 1.92. The molecule has 1 saturated carbocycles. The van der Waals surface area contributed by atoms with Crippen molar-refractivity contribution < 1.29 is 8.78 Å². The van der Waals surface area contributed by atoms with Gasteiger partial charge >= 0.3 is 0 Å². The van der Waals surface area contributed by atoms with E-state index in [1.165, 1.54) is 0 Å². The van der Waals surface area contributed by atoms with Gasteiger partial charge in [-0.1, -0.05) is 0 Å². The number of hydrogen-bond acceptors (Lipinski definition) is 0. The summed E-state index contributed by atoms with van der Waals surface area (Å²) < 4.78 is 24.9. The molecule has 2 heteroatoms. The van der Waals surface area contributed by atoms with Gasteiger partial charge in [0, 0.05) is 12.8 Å². The van der Waals surface area contributed by atoms with E-state index in [4.69, 9.17) is 0 Å². The Morgan fingerprint density at radius 3 is 2.67 bits per heavy atom. The van der Waals surface area contributed by atoms with Gasteiger partial charge in [-0.3, -0.25) is 0 Å². The molecule has 0 amide bonds. The molecule has 0 aromatic carbocycles. The van der Waals surface area contributed by atoms with Crippen LogP contribution < -0.4 is 0 Å². The normalized spacial score (nSPS) is 27.3. The van der Waals surface area contributed by atoms with Crippen molar-refractivity contribution in [1.82, 2.24) is 0 Å². The third-order valence-electron chi connectivity index (χ3n) is 1.67. The predicted octanol–water partition coefficient (Wildman–Crippen LogP) is 2.79. The first-order chi connectivity index (χ1) is 4.21. The van der Waals surface area contributed by atoms with Gasteiger partial charge in [-0.25, -0.2) is 8.78 Å². The standard InChI is InChI=1S/C7H11F2/c8-7(9)5-3-1-2-4-6-7/h1H,2-6H2. The summed E-state index contributed by atoms with van der Waals surface area (Å²) in [7, 11) is 0. The summed E-state index contributed by atoms with van der Waals surface area (Å²) in [6.07, 6.45) is 4.23. The van der Waals surface area contributed by atoms with Gasteiger partial charge in [0.05, 0.1) is 0 Å². The summed E-state index contributed by atoms with van der Waals surface area (Å²) in [6.45, 7) is 0. The minimum absolute atomic E-state index is 0.0625. The molecule has 0 aliphatic heterocycles. The van der Waals surface area contributed by atoms with E-state index >= 15 is 0 Å². The fraction of sp³-hybridized carbons (Fsp3) is 0.857. The fourth-order valence-corrected chi connectivity index (χ4v) is 1.09. The van der Waals surface area contributed by atoms with Gasteiger partial charge in [0.25, 0.3) is 0 Å². The van der Waals surface area contributed by atoms with Crippen molar-refractivity contribution in [2.45, 2.75) is 38.0 Å². The first kappa shape index (κ1) is 6.97. The van der Waals surface area contributed by atoms with Crippen molar-refractivity contribution in [3.8, 4) is 0 Å². The van der Waals surface area contributed by atoms with Gasteiger partial charge in [0.1, 0.15) is 0 Å². The molecular formula is C7H11F2. The Balaban J connectivity index is 2.36. The number of hydrogen-bond donors (Lipinski definition) is 0. The summed E-state index contributed by atoms with van der Waals surface area (Å²) in [6, 6.07) is 0. The minimum Gasteiger partial charge on any atom is -0.207 e. The molecule has 53 valence electrons. The highest BCUT2D eigenvalue weighted by Gasteiger charge is 2.28. The SMILES string of the molecule is FC1(F)CC[CH]CCC1. The van der Waals surface area contributed by atoms with Crippen LogP contribution in [0.25, 0.3) is 0 Å². The Bertz CT molecular complexity index is 78.9. The van der Waals surface area contributed by atoms with Crippen molar-refractivity contribution in [3.63, 3.8) is 0 Å². The highest BCUT2D eigenvalue weighted by Crippen LogP contribution is 2.30. The maximum absolute atomic E-state index is 12.4. The lowest BCUT2D eigenvalue weighted by atomic mass is 10.1. The van der Waals surface area contributed by atoms with Crippen LogP contribution in [0.4, 0.5) is 8.78 Å². The largest absolute Gasteiger partial charge is 0.248 e. The molecule has 0 bridgehead atoms. The van der Waals surface area contributed by atoms with Gasteiger partial charge in [0.2, 0.25) is 5.92 Å². The second kappa shape index (κ2) is 2.63. The van der Waals surface area contributed by atoms with E-state index in [0.717, 1.165) is 6.42 Å². The molecule has 1 radical (unpaired) electrons. The van der Waals surface area contributed by atoms with E-state index in [1.54, 1.807) is 0 Å². The van der Waals surface area contributed by atoms with Gasteiger partial charge in [-0.15, -0.1) is 0 Å². The molecule has 0 nitrogen and oxygen atoms in total. The van der Waals surface area contributed by atoms with Crippen molar-refractivity contribution in [3.05, 3.63) is 6.42 Å². The Labute approximate surface area is 54.3 Å². The van der Waals surface area contributed by atoms with E-state index < -0.39 is 5.92 Å². The molecular weight excluding hydrogens is 122 g/mol. The van der Waals surface area contributed by atoms with E-state index in [1.807, 2.05) is 6.42 Å². The van der Waals surface area contributed by atoms with Gasteiger partial charge < -0.3 is 0 Å². The van der Waals surface area contributed by atoms with Gasteiger partial charge in [0.15, 0.2) is 0 Å². The highest BCUT2D eigenvalue weighted by molar-refractivity contribution is 4.78. The maximum Gasteiger partial charge on any atom is 0.248 e. The van der Waals surface area contributed by atoms with Gasteiger partial charge in [-0.05, 0) is 25.7 Å². The summed E-state index contributed by atoms with van der Waals surface area (Å²) in [4.78, 5) is 0. The lowest BCUT2D eigenvalue weighted by Crippen LogP contribution is -2.13. The zero-order valence-electron chi connectivity index (χ0n) is 5.37. The second-order valence-corrected chi connectivity index (χ2v) is 2.58. The molecule has 0 heterocycles. The fourth-order valence-electron chi connectivity index (χ4n) is 1.09. The van der Waals surface area contributed by atoms with E-state index in [0.29, 0.717) is 12.8 Å². The predicted molar refractivity (Wildman–Crippen MR) is 32.3 cm³/mol. The third-order valence-corrected chi connectivity index (χ3v) is 1.67. The quantitative estimate of drug-likeness (QED) is 0.446. The number of alkyl halides is 2. The molecule has 1 rings (SSSR count). The average molecular weight is 133 g/mol. The Morgan fingerprint density at radius 1 is 1.11 bits per heavy atom. The smallest absolute Gasteiger partial charge is 0.207 e. The molecule has 0 saturated heterocycles. The van der Waals surface area contributed by atoms with Crippen LogP contribution in [0.15, 0.2) is 0 Å². The van der Waals surface area contributed by atoms with E-state index in [-0.39, 0.29) is 12.8 Å². The molecule has 0 spiro atoms. The zero-order valence-corrected chi connectivity index (χ0v) is 5.37. The molecule has 0 atom stereocenters. The lowest BCUT2D eigenvalue weighted by Gasteiger charge is -2.10. The van der Waals surface area contributed by atoms with Crippen molar-refractivity contribution >= 4 is 0 Å². The molecule has 1 fully saturated rings. The summed E-state index contributed by atoms with van der Waals surface area (Å²) in [5.41, 5.74) is 0. The first-order valence-electron chi connectivity index (χ1n) is 3.40. The van der Waals surface area contributed by atoms with Crippen molar-refractivity contribution in [2.75, 3.05) is 0 Å². The summed E-state index contributed by atoms with van der Waals surface area (Å²) in [5, 5.41) is 0. The van der Waals surface area contributed by atoms with Crippen LogP contribution in [-0.2, 0) is 0 Å². The van der Waals surface area contributed by atoms with Crippen LogP contribution in [0.3, 0.4) is 0 Å². The van der Waals surface area contributed by atoms with Crippen molar-refractivity contribution in [1.29, 1.82) is 0 Å². The highest BCUT2D eigenvalue weighted by atomic mass is 19.3. The Kier molecular flexibility index (Phi) is 2.04. The molecule has 0 aromatic heterocycles. The van der Waals surface area contributed by atoms with Crippen LogP contribution in [0.5, 0.6) is 0 Å². The van der Waals surface area contributed by atoms with Gasteiger partial charge in [-0.2, -0.15) is 0 Å². The zero-order chi connectivity index (χ0) is 6.74. The van der Waals surface area contributed by atoms with Crippen LogP contribution in [0, 0.1) is 6.42 Å². The monoisotopic (exact) mass is 133 g/mol. The van der Waals surface area contributed by atoms with Crippen LogP contribution >= 0.6 is 0 Å². The molecule has 0 N–H and O–H groups in total. The molecule has 1 aliphatic carbocycles. The summed E-state index contributed by atoms with van der Waals surface area (Å²) in [5.74, 6) is -2.37. The molecule has 0 aromatic rings. The Morgan fingerprint density at radius 2 is 1.89 bits per heavy atom. The topological polar surface area (TPSA) is 0 Å². The van der Waals surface area contributed by atoms with Crippen LogP contribution in [0.1, 0.15) is 32.1 Å². The molecule has 1 aliphatic rings. The molecule has 0 unspecified atom stereocenters. The third kappa shape index (κ3) is 2.29. The molecule has 9 heavy (non-hydrogen) atoms. The Hall–Kier alpha value is -0.140. The van der Waals surface area contributed by atoms with E-state index in [9.17, 15) is 8.78 Å². The minimum atomic E-state index is -2.37. The first-order valence-corrected chi connectivity index (χ1v) is 3.40. The number of halogens is 2. The lowest BCUT2D eigenvalue weighted by molar-refractivity contribution is -0.0132. The van der Waals surface area contributed by atoms with Crippen LogP contribution in [-0.4, -0.2) is 5.92 Å². The van der Waals surface area contributed by atoms with E-state index in [2.05, 4.69) is 0 Å². The van der Waals surface area contributed by atoms with Crippen LogP contribution in [0.2, 0.25) is 0 Å². The maximum atomic E-state index is 12.4. The summed E-state index contributed by atoms with van der Waals surface area (Å²) >= 11 is 0. The van der Waals surface area contributed by atoms with Crippen molar-refractivity contribution in [2.24, 2.45) is 0 Å². The second-order valence-electron chi connectivity index (χ2n) is 2.58. The number of rotatable bonds is 0.